The molecular formula is C25H58N6. The number of unbranched alkanes of at least 4 members (excludes halogenated alkanes) is 2. The van der Waals surface area contributed by atoms with Crippen molar-refractivity contribution in [2.75, 3.05) is 13.1 Å². The van der Waals surface area contributed by atoms with Crippen molar-refractivity contribution < 1.29 is 0 Å². The van der Waals surface area contributed by atoms with Crippen molar-refractivity contribution >= 4 is 0 Å². The van der Waals surface area contributed by atoms with Gasteiger partial charge in [-0.05, 0) is 100 Å². The molecule has 6 heteroatoms. The molecular weight excluding hydrogens is 384 g/mol. The Morgan fingerprint density at radius 2 is 1.45 bits per heavy atom. The van der Waals surface area contributed by atoms with Crippen LogP contribution in [-0.2, 0) is 0 Å². The maximum Gasteiger partial charge on any atom is 0.123 e. The molecule has 0 aromatic carbocycles. The SMILES string of the molecule is CCCCNC(CCCCN(NC(C)(C)C)NC(C)(C)CC)(NC(C)C)NC(C)CC. The van der Waals surface area contributed by atoms with Gasteiger partial charge in [0.15, 0.2) is 0 Å². The maximum absolute atomic E-state index is 3.88. The zero-order chi connectivity index (χ0) is 24.1. The standard InChI is InChI=1S/C25H58N6/c1-12-15-19-26-25(27-21(4)5,28-22(6)13-2)18-16-17-20-31(29-23(7,8)9)30-24(10,11)14-3/h21-22,26-30H,12-20H2,1-11H3. The van der Waals surface area contributed by atoms with Gasteiger partial charge in [0, 0.05) is 29.7 Å². The van der Waals surface area contributed by atoms with Crippen LogP contribution >= 0.6 is 0 Å². The van der Waals surface area contributed by atoms with E-state index in [1.807, 2.05) is 0 Å². The Morgan fingerprint density at radius 1 is 0.806 bits per heavy atom. The predicted molar refractivity (Wildman–Crippen MR) is 138 cm³/mol. The van der Waals surface area contributed by atoms with Gasteiger partial charge in [-0.3, -0.25) is 16.0 Å². The summed E-state index contributed by atoms with van der Waals surface area (Å²) >= 11 is 0. The molecule has 0 aliphatic heterocycles. The van der Waals surface area contributed by atoms with Gasteiger partial charge in [0.25, 0.3) is 0 Å². The second-order valence-corrected chi connectivity index (χ2v) is 11.3. The van der Waals surface area contributed by atoms with Crippen LogP contribution in [-0.4, -0.2) is 47.2 Å². The van der Waals surface area contributed by atoms with Crippen LogP contribution < -0.4 is 26.8 Å². The molecule has 0 heterocycles. The van der Waals surface area contributed by atoms with Gasteiger partial charge < -0.3 is 0 Å². The third kappa shape index (κ3) is 15.3. The lowest BCUT2D eigenvalue weighted by molar-refractivity contribution is 0.0231. The molecule has 0 aliphatic carbocycles. The summed E-state index contributed by atoms with van der Waals surface area (Å²) < 4.78 is 0. The average Bonchev–Trinajstić information content (AvgIpc) is 2.63. The molecule has 0 bridgehead atoms. The maximum atomic E-state index is 3.88. The van der Waals surface area contributed by atoms with E-state index in [1.54, 1.807) is 0 Å². The molecule has 0 rings (SSSR count). The van der Waals surface area contributed by atoms with Gasteiger partial charge in [0.1, 0.15) is 5.79 Å². The van der Waals surface area contributed by atoms with Crippen LogP contribution in [0.1, 0.15) is 121 Å². The largest absolute Gasteiger partial charge is 0.287 e. The van der Waals surface area contributed by atoms with E-state index in [9.17, 15) is 0 Å². The minimum atomic E-state index is -0.211. The molecule has 5 N–H and O–H groups in total. The first-order chi connectivity index (χ1) is 14.3. The number of rotatable bonds is 18. The van der Waals surface area contributed by atoms with Gasteiger partial charge in [-0.25, -0.2) is 10.9 Å². The Hall–Kier alpha value is -0.240. The summed E-state index contributed by atoms with van der Waals surface area (Å²) in [5.41, 5.74) is 7.42. The summed E-state index contributed by atoms with van der Waals surface area (Å²) in [4.78, 5) is 0. The van der Waals surface area contributed by atoms with E-state index in [4.69, 9.17) is 0 Å². The lowest BCUT2D eigenvalue weighted by Crippen LogP contribution is -2.69. The minimum Gasteiger partial charge on any atom is -0.287 e. The van der Waals surface area contributed by atoms with Gasteiger partial charge in [-0.1, -0.05) is 27.2 Å². The first kappa shape index (κ1) is 30.8. The number of nitrogens with zero attached hydrogens (tertiary/aromatic N) is 1. The van der Waals surface area contributed by atoms with Gasteiger partial charge in [-0.15, -0.1) is 0 Å². The highest BCUT2D eigenvalue weighted by atomic mass is 15.7. The van der Waals surface area contributed by atoms with E-state index in [2.05, 4.69) is 108 Å². The van der Waals surface area contributed by atoms with E-state index in [-0.39, 0.29) is 16.9 Å². The molecule has 0 spiro atoms. The fraction of sp³-hybridized carbons (Fsp3) is 1.00. The van der Waals surface area contributed by atoms with Crippen LogP contribution in [0.5, 0.6) is 0 Å². The minimum absolute atomic E-state index is 0.0274. The molecule has 2 unspecified atom stereocenters. The van der Waals surface area contributed by atoms with Crippen molar-refractivity contribution in [3.05, 3.63) is 0 Å². The van der Waals surface area contributed by atoms with E-state index >= 15 is 0 Å². The monoisotopic (exact) mass is 442 g/mol. The highest BCUT2D eigenvalue weighted by Crippen LogP contribution is 2.14. The first-order valence-corrected chi connectivity index (χ1v) is 12.9. The Balaban J connectivity index is 5.12. The molecule has 2 atom stereocenters. The van der Waals surface area contributed by atoms with Crippen molar-refractivity contribution in [3.63, 3.8) is 0 Å². The molecule has 31 heavy (non-hydrogen) atoms. The molecule has 0 aromatic heterocycles. The van der Waals surface area contributed by atoms with Gasteiger partial charge in [-0.2, -0.15) is 5.12 Å². The summed E-state index contributed by atoms with van der Waals surface area (Å²) in [5.74, 6) is -0.211. The smallest absolute Gasteiger partial charge is 0.123 e. The van der Waals surface area contributed by atoms with Crippen LogP contribution in [0.3, 0.4) is 0 Å². The highest BCUT2D eigenvalue weighted by molar-refractivity contribution is 4.87. The van der Waals surface area contributed by atoms with Crippen molar-refractivity contribution in [2.45, 2.75) is 150 Å². The van der Waals surface area contributed by atoms with Crippen molar-refractivity contribution in [2.24, 2.45) is 0 Å². The summed E-state index contributed by atoms with van der Waals surface area (Å²) in [6.45, 7) is 26.7. The average molecular weight is 443 g/mol. The number of hydrazine groups is 2. The van der Waals surface area contributed by atoms with Gasteiger partial charge in [0.05, 0.1) is 0 Å². The van der Waals surface area contributed by atoms with Gasteiger partial charge >= 0.3 is 0 Å². The van der Waals surface area contributed by atoms with E-state index in [1.165, 1.54) is 12.8 Å². The number of hydrogen-bond acceptors (Lipinski definition) is 6. The fourth-order valence-corrected chi connectivity index (χ4v) is 3.52. The van der Waals surface area contributed by atoms with Crippen LogP contribution in [0, 0.1) is 0 Å². The number of nitrogens with one attached hydrogen (secondary N) is 5. The predicted octanol–water partition coefficient (Wildman–Crippen LogP) is 4.88. The normalized spacial score (nSPS) is 16.2. The zero-order valence-electron chi connectivity index (χ0n) is 23.0. The molecule has 0 saturated carbocycles. The van der Waals surface area contributed by atoms with E-state index in [0.717, 1.165) is 45.2 Å². The first-order valence-electron chi connectivity index (χ1n) is 12.9. The Kier molecular flexibility index (Phi) is 14.7. The molecule has 188 valence electrons. The molecule has 0 radical (unpaired) electrons. The van der Waals surface area contributed by atoms with E-state index in [0.29, 0.717) is 12.1 Å². The van der Waals surface area contributed by atoms with Crippen molar-refractivity contribution in [3.8, 4) is 0 Å². The van der Waals surface area contributed by atoms with Crippen LogP contribution in [0.25, 0.3) is 0 Å². The van der Waals surface area contributed by atoms with Crippen LogP contribution in [0.15, 0.2) is 0 Å². The van der Waals surface area contributed by atoms with Gasteiger partial charge in [0.2, 0.25) is 0 Å². The zero-order valence-corrected chi connectivity index (χ0v) is 23.0. The summed E-state index contributed by atoms with van der Waals surface area (Å²) in [6, 6.07) is 0.878. The second kappa shape index (κ2) is 14.8. The van der Waals surface area contributed by atoms with Crippen LogP contribution in [0.2, 0.25) is 0 Å². The molecule has 0 saturated heterocycles. The summed E-state index contributed by atoms with van der Waals surface area (Å²) in [7, 11) is 0. The second-order valence-electron chi connectivity index (χ2n) is 11.3. The lowest BCUT2D eigenvalue weighted by atomic mass is 10.0. The van der Waals surface area contributed by atoms with E-state index < -0.39 is 0 Å². The van der Waals surface area contributed by atoms with Crippen LogP contribution in [0.4, 0.5) is 0 Å². The Morgan fingerprint density at radius 3 is 1.94 bits per heavy atom. The third-order valence-electron chi connectivity index (χ3n) is 5.57. The molecule has 0 amide bonds. The van der Waals surface area contributed by atoms with Crippen molar-refractivity contribution in [1.29, 1.82) is 0 Å². The quantitative estimate of drug-likeness (QED) is 0.118. The van der Waals surface area contributed by atoms with Crippen molar-refractivity contribution in [1.82, 2.24) is 31.9 Å². The molecule has 0 fully saturated rings. The molecule has 0 aliphatic rings. The molecule has 0 aromatic rings. The summed E-state index contributed by atoms with van der Waals surface area (Å²) in [6.07, 6.45) is 7.92. The number of hydrogen-bond donors (Lipinski definition) is 5. The third-order valence-corrected chi connectivity index (χ3v) is 5.57. The Labute approximate surface area is 195 Å². The highest BCUT2D eigenvalue weighted by Gasteiger charge is 2.30. The fourth-order valence-electron chi connectivity index (χ4n) is 3.52. The topological polar surface area (TPSA) is 63.4 Å². The lowest BCUT2D eigenvalue weighted by Gasteiger charge is -2.41. The Bertz CT molecular complexity index is 446. The molecule has 6 nitrogen and oxygen atoms in total. The summed E-state index contributed by atoms with van der Waals surface area (Å²) in [5, 5.41) is 13.8.